The average molecular weight is 356 g/mol. The van der Waals surface area contributed by atoms with E-state index < -0.39 is 20.6 Å². The number of hydrogen-bond donors (Lipinski definition) is 1. The standard InChI is InChI=1S/C14H14ClN3O4S/c1-17(2)11-4-6-12(7-5-11)23(21,22)16-13-8-3-10(15)9-14(13)18(19)20/h3-9,16H,1-2H3. The number of anilines is 2. The molecule has 122 valence electrons. The van der Waals surface area contributed by atoms with Gasteiger partial charge >= 0.3 is 0 Å². The van der Waals surface area contributed by atoms with E-state index in [1.165, 1.54) is 24.3 Å². The van der Waals surface area contributed by atoms with Crippen LogP contribution in [-0.2, 0) is 10.0 Å². The first-order chi connectivity index (χ1) is 10.7. The van der Waals surface area contributed by atoms with Gasteiger partial charge in [-0.1, -0.05) is 11.6 Å². The zero-order valence-electron chi connectivity index (χ0n) is 12.4. The highest BCUT2D eigenvalue weighted by Crippen LogP contribution is 2.30. The number of nitrogens with zero attached hydrogens (tertiary/aromatic N) is 2. The molecule has 0 amide bonds. The van der Waals surface area contributed by atoms with Gasteiger partial charge in [0, 0.05) is 30.9 Å². The Morgan fingerprint density at radius 2 is 1.74 bits per heavy atom. The number of nitro benzene ring substituents is 1. The number of rotatable bonds is 5. The van der Waals surface area contributed by atoms with Crippen molar-refractivity contribution in [3.8, 4) is 0 Å². The first-order valence-electron chi connectivity index (χ1n) is 6.45. The lowest BCUT2D eigenvalue weighted by molar-refractivity contribution is -0.383. The van der Waals surface area contributed by atoms with Gasteiger partial charge in [-0.3, -0.25) is 14.8 Å². The summed E-state index contributed by atoms with van der Waals surface area (Å²) < 4.78 is 26.9. The number of nitrogens with one attached hydrogen (secondary N) is 1. The minimum absolute atomic E-state index is 0.00680. The highest BCUT2D eigenvalue weighted by Gasteiger charge is 2.21. The lowest BCUT2D eigenvalue weighted by Crippen LogP contribution is -2.14. The van der Waals surface area contributed by atoms with E-state index in [1.54, 1.807) is 12.1 Å². The van der Waals surface area contributed by atoms with Crippen molar-refractivity contribution in [1.82, 2.24) is 0 Å². The summed E-state index contributed by atoms with van der Waals surface area (Å²) in [6.45, 7) is 0. The van der Waals surface area contributed by atoms with Crippen molar-refractivity contribution < 1.29 is 13.3 Å². The number of hydrogen-bond acceptors (Lipinski definition) is 5. The predicted molar refractivity (Wildman–Crippen MR) is 89.7 cm³/mol. The lowest BCUT2D eigenvalue weighted by atomic mass is 10.3. The third kappa shape index (κ3) is 3.91. The molecule has 0 aliphatic heterocycles. The molecule has 0 aliphatic rings. The van der Waals surface area contributed by atoms with Crippen molar-refractivity contribution in [2.45, 2.75) is 4.90 Å². The molecule has 2 rings (SSSR count). The largest absolute Gasteiger partial charge is 0.378 e. The topological polar surface area (TPSA) is 92.6 Å². The SMILES string of the molecule is CN(C)c1ccc(S(=O)(=O)Nc2ccc(Cl)cc2[N+](=O)[O-])cc1. The summed E-state index contributed by atoms with van der Waals surface area (Å²) in [7, 11) is -0.276. The van der Waals surface area contributed by atoms with Gasteiger partial charge < -0.3 is 4.90 Å². The van der Waals surface area contributed by atoms with Crippen LogP contribution in [0.2, 0.25) is 5.02 Å². The molecule has 2 aromatic carbocycles. The minimum Gasteiger partial charge on any atom is -0.378 e. The number of halogens is 1. The fourth-order valence-electron chi connectivity index (χ4n) is 1.87. The van der Waals surface area contributed by atoms with Gasteiger partial charge in [-0.2, -0.15) is 0 Å². The molecule has 9 heteroatoms. The molecule has 7 nitrogen and oxygen atoms in total. The Hall–Kier alpha value is -2.32. The monoisotopic (exact) mass is 355 g/mol. The molecular weight excluding hydrogens is 342 g/mol. The van der Waals surface area contributed by atoms with Crippen molar-refractivity contribution in [1.29, 1.82) is 0 Å². The number of sulfonamides is 1. The Morgan fingerprint density at radius 3 is 2.26 bits per heavy atom. The van der Waals surface area contributed by atoms with Crippen LogP contribution in [0.5, 0.6) is 0 Å². The second-order valence-corrected chi connectivity index (χ2v) is 7.03. The molecule has 0 aromatic heterocycles. The fourth-order valence-corrected chi connectivity index (χ4v) is 3.11. The predicted octanol–water partition coefficient (Wildman–Crippen LogP) is 3.12. The molecule has 0 heterocycles. The van der Waals surface area contributed by atoms with Gasteiger partial charge in [-0.25, -0.2) is 8.42 Å². The van der Waals surface area contributed by atoms with Crippen LogP contribution in [0.25, 0.3) is 0 Å². The maximum Gasteiger partial charge on any atom is 0.294 e. The molecule has 23 heavy (non-hydrogen) atoms. The van der Waals surface area contributed by atoms with E-state index in [4.69, 9.17) is 11.6 Å². The van der Waals surface area contributed by atoms with Gasteiger partial charge in [0.05, 0.1) is 9.82 Å². The Labute approximate surface area is 138 Å². The van der Waals surface area contributed by atoms with Gasteiger partial charge in [0.25, 0.3) is 15.7 Å². The Balaban J connectivity index is 2.37. The molecule has 0 bridgehead atoms. The molecule has 2 aromatic rings. The summed E-state index contributed by atoms with van der Waals surface area (Å²) in [5.74, 6) is 0. The van der Waals surface area contributed by atoms with E-state index in [0.717, 1.165) is 11.8 Å². The van der Waals surface area contributed by atoms with Gasteiger partial charge in [0.1, 0.15) is 5.69 Å². The van der Waals surface area contributed by atoms with Crippen LogP contribution in [0.4, 0.5) is 17.1 Å². The van der Waals surface area contributed by atoms with Crippen LogP contribution >= 0.6 is 11.6 Å². The quantitative estimate of drug-likeness (QED) is 0.657. The molecule has 0 unspecified atom stereocenters. The summed E-state index contributed by atoms with van der Waals surface area (Å²) in [6, 6.07) is 9.87. The van der Waals surface area contributed by atoms with E-state index >= 15 is 0 Å². The van der Waals surface area contributed by atoms with E-state index in [0.29, 0.717) is 0 Å². The molecule has 0 aliphatic carbocycles. The average Bonchev–Trinajstić information content (AvgIpc) is 2.48. The third-order valence-electron chi connectivity index (χ3n) is 3.06. The highest BCUT2D eigenvalue weighted by atomic mass is 35.5. The Morgan fingerprint density at radius 1 is 1.13 bits per heavy atom. The van der Waals surface area contributed by atoms with E-state index in [-0.39, 0.29) is 15.6 Å². The van der Waals surface area contributed by atoms with Gasteiger partial charge in [0.15, 0.2) is 0 Å². The van der Waals surface area contributed by atoms with Crippen LogP contribution < -0.4 is 9.62 Å². The van der Waals surface area contributed by atoms with E-state index in [1.807, 2.05) is 19.0 Å². The molecule has 0 spiro atoms. The number of nitro groups is 1. The molecule has 0 radical (unpaired) electrons. The van der Waals surface area contributed by atoms with Crippen LogP contribution in [-0.4, -0.2) is 27.4 Å². The minimum atomic E-state index is -3.94. The second kappa shape index (κ2) is 6.43. The summed E-state index contributed by atoms with van der Waals surface area (Å²) >= 11 is 5.71. The zero-order chi connectivity index (χ0) is 17.2. The van der Waals surface area contributed by atoms with Gasteiger partial charge in [-0.15, -0.1) is 0 Å². The molecule has 0 saturated carbocycles. The zero-order valence-corrected chi connectivity index (χ0v) is 13.9. The summed E-state index contributed by atoms with van der Waals surface area (Å²) in [5.41, 5.74) is 0.281. The van der Waals surface area contributed by atoms with Crippen molar-refractivity contribution in [2.24, 2.45) is 0 Å². The Kier molecular flexibility index (Phi) is 4.76. The van der Waals surface area contributed by atoms with Gasteiger partial charge in [-0.05, 0) is 36.4 Å². The maximum absolute atomic E-state index is 12.4. The molecular formula is C14H14ClN3O4S. The first-order valence-corrected chi connectivity index (χ1v) is 8.31. The summed E-state index contributed by atoms with van der Waals surface area (Å²) in [4.78, 5) is 12.2. The van der Waals surface area contributed by atoms with Gasteiger partial charge in [0.2, 0.25) is 0 Å². The summed E-state index contributed by atoms with van der Waals surface area (Å²) in [6.07, 6.45) is 0. The van der Waals surface area contributed by atoms with Crippen LogP contribution in [0, 0.1) is 10.1 Å². The van der Waals surface area contributed by atoms with E-state index in [2.05, 4.69) is 4.72 Å². The van der Waals surface area contributed by atoms with Crippen molar-refractivity contribution in [3.63, 3.8) is 0 Å². The van der Waals surface area contributed by atoms with Crippen molar-refractivity contribution in [2.75, 3.05) is 23.7 Å². The number of benzene rings is 2. The Bertz CT molecular complexity index is 836. The van der Waals surface area contributed by atoms with Crippen molar-refractivity contribution >= 4 is 38.7 Å². The maximum atomic E-state index is 12.4. The lowest BCUT2D eigenvalue weighted by Gasteiger charge is -2.13. The molecule has 0 atom stereocenters. The smallest absolute Gasteiger partial charge is 0.294 e. The molecule has 1 N–H and O–H groups in total. The second-order valence-electron chi connectivity index (χ2n) is 4.91. The van der Waals surface area contributed by atoms with Crippen molar-refractivity contribution in [3.05, 3.63) is 57.6 Å². The first kappa shape index (κ1) is 17.0. The normalized spacial score (nSPS) is 11.1. The van der Waals surface area contributed by atoms with E-state index in [9.17, 15) is 18.5 Å². The highest BCUT2D eigenvalue weighted by molar-refractivity contribution is 7.92. The van der Waals surface area contributed by atoms with Crippen LogP contribution in [0.1, 0.15) is 0 Å². The fraction of sp³-hybridized carbons (Fsp3) is 0.143. The van der Waals surface area contributed by atoms with Crippen LogP contribution in [0.15, 0.2) is 47.4 Å². The molecule has 0 fully saturated rings. The summed E-state index contributed by atoms with van der Waals surface area (Å²) in [5, 5.41) is 11.2. The molecule has 0 saturated heterocycles. The third-order valence-corrected chi connectivity index (χ3v) is 4.68. The van der Waals surface area contributed by atoms with Crippen LogP contribution in [0.3, 0.4) is 0 Å².